The molecule has 0 unspecified atom stereocenters. The quantitative estimate of drug-likeness (QED) is 0.692. The average Bonchev–Trinajstić information content (AvgIpc) is 2.65. The molecule has 0 bridgehead atoms. The molecular weight excluding hydrogens is 380 g/mol. The van der Waals surface area contributed by atoms with Gasteiger partial charge in [0.2, 0.25) is 15.9 Å². The van der Waals surface area contributed by atoms with Gasteiger partial charge in [0.15, 0.2) is 0 Å². The standard InChI is InChI=1S/C20H26N2O5S/c1-5-27-19-8-6-7-17(13-19)22(28(4,24)25)14-20(23)21-15(2)16-9-11-18(26-3)12-10-16/h6-13,15H,5,14H2,1-4H3,(H,21,23)/t15-/m1/s1. The number of anilines is 1. The molecule has 0 saturated heterocycles. The first-order valence-corrected chi connectivity index (χ1v) is 10.7. The van der Waals surface area contributed by atoms with Crippen molar-refractivity contribution in [3.8, 4) is 11.5 Å². The van der Waals surface area contributed by atoms with E-state index in [2.05, 4.69) is 5.32 Å². The summed E-state index contributed by atoms with van der Waals surface area (Å²) < 4.78 is 36.1. The summed E-state index contributed by atoms with van der Waals surface area (Å²) in [5, 5.41) is 2.83. The third kappa shape index (κ3) is 5.88. The Morgan fingerprint density at radius 2 is 1.82 bits per heavy atom. The van der Waals surface area contributed by atoms with E-state index in [0.29, 0.717) is 18.0 Å². The molecule has 2 rings (SSSR count). The normalized spacial score (nSPS) is 12.1. The molecular formula is C20H26N2O5S. The molecule has 0 saturated carbocycles. The van der Waals surface area contributed by atoms with Crippen LogP contribution in [0.4, 0.5) is 5.69 Å². The van der Waals surface area contributed by atoms with Crippen molar-refractivity contribution in [2.24, 2.45) is 0 Å². The molecule has 0 spiro atoms. The zero-order chi connectivity index (χ0) is 20.7. The van der Waals surface area contributed by atoms with Crippen LogP contribution in [0.15, 0.2) is 48.5 Å². The lowest BCUT2D eigenvalue weighted by Gasteiger charge is -2.23. The highest BCUT2D eigenvalue weighted by Gasteiger charge is 2.22. The molecule has 1 atom stereocenters. The Morgan fingerprint density at radius 1 is 1.14 bits per heavy atom. The summed E-state index contributed by atoms with van der Waals surface area (Å²) in [6, 6.07) is 13.7. The lowest BCUT2D eigenvalue weighted by Crippen LogP contribution is -2.41. The number of nitrogens with zero attached hydrogens (tertiary/aromatic N) is 1. The molecule has 0 aromatic heterocycles. The van der Waals surface area contributed by atoms with Gasteiger partial charge in [-0.2, -0.15) is 0 Å². The molecule has 0 aliphatic carbocycles. The minimum atomic E-state index is -3.65. The van der Waals surface area contributed by atoms with Crippen molar-refractivity contribution in [3.63, 3.8) is 0 Å². The number of hydrogen-bond donors (Lipinski definition) is 1. The highest BCUT2D eigenvalue weighted by Crippen LogP contribution is 2.23. The van der Waals surface area contributed by atoms with E-state index in [1.54, 1.807) is 43.5 Å². The van der Waals surface area contributed by atoms with Gasteiger partial charge in [-0.3, -0.25) is 9.10 Å². The molecule has 1 N–H and O–H groups in total. The maximum atomic E-state index is 12.5. The van der Waals surface area contributed by atoms with Crippen LogP contribution in [0.5, 0.6) is 11.5 Å². The summed E-state index contributed by atoms with van der Waals surface area (Å²) in [6.45, 7) is 3.81. The highest BCUT2D eigenvalue weighted by atomic mass is 32.2. The first-order chi connectivity index (χ1) is 13.2. The number of nitrogens with one attached hydrogen (secondary N) is 1. The fraction of sp³-hybridized carbons (Fsp3) is 0.350. The van der Waals surface area contributed by atoms with Gasteiger partial charge in [-0.05, 0) is 43.7 Å². The molecule has 1 amide bonds. The molecule has 2 aromatic rings. The minimum Gasteiger partial charge on any atom is -0.497 e. The van der Waals surface area contributed by atoms with Crippen LogP contribution in [0, 0.1) is 0 Å². The van der Waals surface area contributed by atoms with Gasteiger partial charge in [0.1, 0.15) is 18.0 Å². The smallest absolute Gasteiger partial charge is 0.241 e. The van der Waals surface area contributed by atoms with Gasteiger partial charge in [-0.15, -0.1) is 0 Å². The number of amides is 1. The van der Waals surface area contributed by atoms with Crippen molar-refractivity contribution in [1.82, 2.24) is 5.32 Å². The molecule has 0 fully saturated rings. The summed E-state index contributed by atoms with van der Waals surface area (Å²) in [7, 11) is -2.07. The number of methoxy groups -OCH3 is 1. The van der Waals surface area contributed by atoms with Gasteiger partial charge in [0.25, 0.3) is 0 Å². The zero-order valence-corrected chi connectivity index (χ0v) is 17.3. The molecule has 8 heteroatoms. The Balaban J connectivity index is 2.13. The first-order valence-electron chi connectivity index (χ1n) is 8.88. The highest BCUT2D eigenvalue weighted by molar-refractivity contribution is 7.92. The number of ether oxygens (including phenoxy) is 2. The summed E-state index contributed by atoms with van der Waals surface area (Å²) >= 11 is 0. The Hall–Kier alpha value is -2.74. The lowest BCUT2D eigenvalue weighted by atomic mass is 10.1. The van der Waals surface area contributed by atoms with Crippen LogP contribution in [0.3, 0.4) is 0 Å². The molecule has 2 aromatic carbocycles. The summed E-state index contributed by atoms with van der Waals surface area (Å²) in [6.07, 6.45) is 1.07. The van der Waals surface area contributed by atoms with Gasteiger partial charge in [0, 0.05) is 6.07 Å². The van der Waals surface area contributed by atoms with Crippen LogP contribution < -0.4 is 19.1 Å². The van der Waals surface area contributed by atoms with Gasteiger partial charge < -0.3 is 14.8 Å². The fourth-order valence-corrected chi connectivity index (χ4v) is 3.54. The largest absolute Gasteiger partial charge is 0.497 e. The Kier molecular flexibility index (Phi) is 7.28. The monoisotopic (exact) mass is 406 g/mol. The number of rotatable bonds is 9. The van der Waals surface area contributed by atoms with E-state index in [0.717, 1.165) is 21.9 Å². The number of carbonyl (C=O) groups is 1. The van der Waals surface area contributed by atoms with E-state index in [-0.39, 0.29) is 12.6 Å². The summed E-state index contributed by atoms with van der Waals surface area (Å²) in [5.41, 5.74) is 1.26. The van der Waals surface area contributed by atoms with Crippen LogP contribution in [0.1, 0.15) is 25.5 Å². The fourth-order valence-electron chi connectivity index (χ4n) is 2.69. The second-order valence-electron chi connectivity index (χ2n) is 6.26. The molecule has 152 valence electrons. The zero-order valence-electron chi connectivity index (χ0n) is 16.5. The second kappa shape index (κ2) is 9.45. The third-order valence-corrected chi connectivity index (χ3v) is 5.24. The van der Waals surface area contributed by atoms with Gasteiger partial charge in [0.05, 0.1) is 31.7 Å². The molecule has 0 aliphatic heterocycles. The maximum Gasteiger partial charge on any atom is 0.241 e. The van der Waals surface area contributed by atoms with Crippen LogP contribution in [-0.2, 0) is 14.8 Å². The third-order valence-electron chi connectivity index (χ3n) is 4.10. The summed E-state index contributed by atoms with van der Waals surface area (Å²) in [5.74, 6) is 0.857. The van der Waals surface area contributed by atoms with Crippen molar-refractivity contribution in [3.05, 3.63) is 54.1 Å². The van der Waals surface area contributed by atoms with E-state index < -0.39 is 15.9 Å². The number of hydrogen-bond acceptors (Lipinski definition) is 5. The topological polar surface area (TPSA) is 84.9 Å². The van der Waals surface area contributed by atoms with E-state index >= 15 is 0 Å². The van der Waals surface area contributed by atoms with Gasteiger partial charge in [-0.25, -0.2) is 8.42 Å². The predicted octanol–water partition coefficient (Wildman–Crippen LogP) is 2.74. The van der Waals surface area contributed by atoms with Gasteiger partial charge >= 0.3 is 0 Å². The Morgan fingerprint density at radius 3 is 2.39 bits per heavy atom. The van der Waals surface area contributed by atoms with Crippen molar-refractivity contribution >= 4 is 21.6 Å². The van der Waals surface area contributed by atoms with Crippen LogP contribution in [0.2, 0.25) is 0 Å². The van der Waals surface area contributed by atoms with Crippen molar-refractivity contribution in [2.45, 2.75) is 19.9 Å². The predicted molar refractivity (Wildman–Crippen MR) is 109 cm³/mol. The van der Waals surface area contributed by atoms with Crippen LogP contribution >= 0.6 is 0 Å². The lowest BCUT2D eigenvalue weighted by molar-refractivity contribution is -0.120. The number of benzene rings is 2. The SMILES string of the molecule is CCOc1cccc(N(CC(=O)N[C@H](C)c2ccc(OC)cc2)S(C)(=O)=O)c1. The molecule has 7 nitrogen and oxygen atoms in total. The van der Waals surface area contributed by atoms with Crippen molar-refractivity contribution < 1.29 is 22.7 Å². The number of carbonyl (C=O) groups excluding carboxylic acids is 1. The summed E-state index contributed by atoms with van der Waals surface area (Å²) in [4.78, 5) is 12.5. The van der Waals surface area contributed by atoms with Crippen LogP contribution in [0.25, 0.3) is 0 Å². The van der Waals surface area contributed by atoms with Crippen LogP contribution in [-0.4, -0.2) is 40.8 Å². The van der Waals surface area contributed by atoms with E-state index in [4.69, 9.17) is 9.47 Å². The Labute approximate surface area is 166 Å². The minimum absolute atomic E-state index is 0.283. The first kappa shape index (κ1) is 21.6. The van der Waals surface area contributed by atoms with E-state index in [1.807, 2.05) is 26.0 Å². The Bertz CT molecular complexity index is 897. The van der Waals surface area contributed by atoms with Crippen molar-refractivity contribution in [2.75, 3.05) is 30.8 Å². The van der Waals surface area contributed by atoms with E-state index in [1.165, 1.54) is 0 Å². The van der Waals surface area contributed by atoms with Gasteiger partial charge in [-0.1, -0.05) is 18.2 Å². The molecule has 0 aliphatic rings. The van der Waals surface area contributed by atoms with E-state index in [9.17, 15) is 13.2 Å². The van der Waals surface area contributed by atoms with Crippen molar-refractivity contribution in [1.29, 1.82) is 0 Å². The molecule has 0 radical (unpaired) electrons. The number of sulfonamides is 1. The maximum absolute atomic E-state index is 12.5. The second-order valence-corrected chi connectivity index (χ2v) is 8.17. The molecule has 28 heavy (non-hydrogen) atoms. The molecule has 0 heterocycles. The average molecular weight is 407 g/mol.